The van der Waals surface area contributed by atoms with Gasteiger partial charge in [-0.15, -0.1) is 10.2 Å². The van der Waals surface area contributed by atoms with Crippen molar-refractivity contribution in [1.82, 2.24) is 25.1 Å². The van der Waals surface area contributed by atoms with Gasteiger partial charge in [0.1, 0.15) is 6.54 Å². The molecule has 0 aliphatic rings. The Morgan fingerprint density at radius 1 is 1.41 bits per heavy atom. The molecule has 1 heterocycles. The molecule has 2 rings (SSSR count). The van der Waals surface area contributed by atoms with Crippen molar-refractivity contribution in [2.45, 2.75) is 19.9 Å². The summed E-state index contributed by atoms with van der Waals surface area (Å²) in [6, 6.07) is 9.56. The molecule has 1 aromatic heterocycles. The predicted octanol–water partition coefficient (Wildman–Crippen LogP) is 1.86. The zero-order chi connectivity index (χ0) is 15.9. The molecule has 7 nitrogen and oxygen atoms in total. The molecule has 0 aliphatic carbocycles. The standard InChI is InChI=1S/C14H15BrN6O/c1-2-20(9-3-8-16)13(22)10-21-18-14(17-19-21)11-4-6-12(15)7-5-11/h4-7H,2-3,9-10H2,1H3. The van der Waals surface area contributed by atoms with Gasteiger partial charge >= 0.3 is 0 Å². The minimum Gasteiger partial charge on any atom is -0.340 e. The highest BCUT2D eigenvalue weighted by molar-refractivity contribution is 9.10. The average molecular weight is 363 g/mol. The number of tetrazole rings is 1. The zero-order valence-electron chi connectivity index (χ0n) is 12.1. The fraction of sp³-hybridized carbons (Fsp3) is 0.357. The normalized spacial score (nSPS) is 10.2. The maximum atomic E-state index is 12.1. The lowest BCUT2D eigenvalue weighted by atomic mass is 10.2. The Kier molecular flexibility index (Phi) is 5.61. The second-order valence-electron chi connectivity index (χ2n) is 4.53. The van der Waals surface area contributed by atoms with Crippen LogP contribution >= 0.6 is 15.9 Å². The Bertz CT molecular complexity index is 675. The Labute approximate surface area is 136 Å². The molecule has 0 saturated heterocycles. The van der Waals surface area contributed by atoms with Gasteiger partial charge in [0.25, 0.3) is 0 Å². The lowest BCUT2D eigenvalue weighted by Gasteiger charge is -2.18. The number of benzene rings is 1. The number of hydrogen-bond acceptors (Lipinski definition) is 5. The minimum absolute atomic E-state index is 0.0167. The lowest BCUT2D eigenvalue weighted by Crippen LogP contribution is -2.35. The maximum absolute atomic E-state index is 12.1. The molecule has 0 saturated carbocycles. The highest BCUT2D eigenvalue weighted by atomic mass is 79.9. The van der Waals surface area contributed by atoms with Crippen molar-refractivity contribution in [1.29, 1.82) is 5.26 Å². The number of nitrogens with zero attached hydrogens (tertiary/aromatic N) is 6. The predicted molar refractivity (Wildman–Crippen MR) is 83.4 cm³/mol. The SMILES string of the molecule is CCN(CCC#N)C(=O)Cn1nnc(-c2ccc(Br)cc2)n1. The number of aromatic nitrogens is 4. The summed E-state index contributed by atoms with van der Waals surface area (Å²) in [6.07, 6.45) is 0.314. The number of halogens is 1. The third-order valence-electron chi connectivity index (χ3n) is 3.06. The van der Waals surface area contributed by atoms with Gasteiger partial charge in [-0.3, -0.25) is 4.79 Å². The molecule has 1 aromatic carbocycles. The molecule has 1 amide bonds. The molecule has 0 atom stereocenters. The monoisotopic (exact) mass is 362 g/mol. The fourth-order valence-corrected chi connectivity index (χ4v) is 2.15. The topological polar surface area (TPSA) is 87.7 Å². The van der Waals surface area contributed by atoms with E-state index in [0.717, 1.165) is 10.0 Å². The second kappa shape index (κ2) is 7.66. The first-order valence-electron chi connectivity index (χ1n) is 6.82. The van der Waals surface area contributed by atoms with E-state index in [-0.39, 0.29) is 12.5 Å². The molecule has 2 aromatic rings. The van der Waals surface area contributed by atoms with Crippen LogP contribution in [0.4, 0.5) is 0 Å². The van der Waals surface area contributed by atoms with Crippen LogP contribution in [-0.2, 0) is 11.3 Å². The Balaban J connectivity index is 2.04. The van der Waals surface area contributed by atoms with Crippen LogP contribution in [0.5, 0.6) is 0 Å². The van der Waals surface area contributed by atoms with Gasteiger partial charge in [-0.2, -0.15) is 10.1 Å². The Morgan fingerprint density at radius 3 is 2.77 bits per heavy atom. The summed E-state index contributed by atoms with van der Waals surface area (Å²) in [5, 5.41) is 20.7. The van der Waals surface area contributed by atoms with Crippen LogP contribution in [0.2, 0.25) is 0 Å². The second-order valence-corrected chi connectivity index (χ2v) is 5.45. The van der Waals surface area contributed by atoms with Crippen molar-refractivity contribution in [2.75, 3.05) is 13.1 Å². The van der Waals surface area contributed by atoms with Crippen molar-refractivity contribution in [3.8, 4) is 17.5 Å². The van der Waals surface area contributed by atoms with Crippen LogP contribution in [0.25, 0.3) is 11.4 Å². The van der Waals surface area contributed by atoms with Gasteiger partial charge in [0.2, 0.25) is 11.7 Å². The minimum atomic E-state index is -0.127. The van der Waals surface area contributed by atoms with Gasteiger partial charge in [-0.05, 0) is 36.4 Å². The van der Waals surface area contributed by atoms with E-state index >= 15 is 0 Å². The van der Waals surface area contributed by atoms with Crippen LogP contribution in [0.15, 0.2) is 28.7 Å². The van der Waals surface area contributed by atoms with Crippen molar-refractivity contribution >= 4 is 21.8 Å². The molecular formula is C14H15BrN6O. The molecule has 0 unspecified atom stereocenters. The molecule has 0 radical (unpaired) electrons. The number of likely N-dealkylation sites (N-methyl/N-ethyl adjacent to an activating group) is 1. The van der Waals surface area contributed by atoms with E-state index in [4.69, 9.17) is 5.26 Å². The molecule has 114 valence electrons. The smallest absolute Gasteiger partial charge is 0.246 e. The summed E-state index contributed by atoms with van der Waals surface area (Å²) >= 11 is 3.37. The molecule has 8 heteroatoms. The van der Waals surface area contributed by atoms with E-state index in [2.05, 4.69) is 31.3 Å². The third kappa shape index (κ3) is 4.11. The number of rotatable bonds is 6. The largest absolute Gasteiger partial charge is 0.340 e. The van der Waals surface area contributed by atoms with E-state index in [1.807, 2.05) is 37.3 Å². The molecule has 0 fully saturated rings. The lowest BCUT2D eigenvalue weighted by molar-refractivity contribution is -0.132. The number of carbonyl (C=O) groups is 1. The van der Waals surface area contributed by atoms with E-state index in [9.17, 15) is 4.79 Å². The van der Waals surface area contributed by atoms with E-state index in [1.54, 1.807) is 4.90 Å². The summed E-state index contributed by atoms with van der Waals surface area (Å²) < 4.78 is 0.968. The highest BCUT2D eigenvalue weighted by Crippen LogP contribution is 2.17. The van der Waals surface area contributed by atoms with E-state index < -0.39 is 0 Å². The molecule has 0 bridgehead atoms. The summed E-state index contributed by atoms with van der Waals surface area (Å²) in [6.45, 7) is 2.86. The average Bonchev–Trinajstić information content (AvgIpc) is 2.97. The molecule has 22 heavy (non-hydrogen) atoms. The van der Waals surface area contributed by atoms with Gasteiger partial charge in [-0.25, -0.2) is 0 Å². The summed E-state index contributed by atoms with van der Waals surface area (Å²) in [7, 11) is 0. The quantitative estimate of drug-likeness (QED) is 0.782. The van der Waals surface area contributed by atoms with Crippen molar-refractivity contribution < 1.29 is 4.79 Å². The first kappa shape index (κ1) is 16.1. The molecular weight excluding hydrogens is 348 g/mol. The van der Waals surface area contributed by atoms with Crippen LogP contribution in [-0.4, -0.2) is 44.1 Å². The molecule has 0 spiro atoms. The van der Waals surface area contributed by atoms with Gasteiger partial charge in [0.05, 0.1) is 12.5 Å². The maximum Gasteiger partial charge on any atom is 0.246 e. The molecule has 0 aliphatic heterocycles. The summed E-state index contributed by atoms with van der Waals surface area (Å²) in [5.41, 5.74) is 0.832. The van der Waals surface area contributed by atoms with Gasteiger partial charge in [0, 0.05) is 23.1 Å². The van der Waals surface area contributed by atoms with Crippen LogP contribution < -0.4 is 0 Å². The van der Waals surface area contributed by atoms with Gasteiger partial charge < -0.3 is 4.90 Å². The fourth-order valence-electron chi connectivity index (χ4n) is 1.89. The highest BCUT2D eigenvalue weighted by Gasteiger charge is 2.14. The number of hydrogen-bond donors (Lipinski definition) is 0. The number of carbonyl (C=O) groups excluding carboxylic acids is 1. The zero-order valence-corrected chi connectivity index (χ0v) is 13.7. The summed E-state index contributed by atoms with van der Waals surface area (Å²) in [4.78, 5) is 15.0. The van der Waals surface area contributed by atoms with Gasteiger partial charge in [0.15, 0.2) is 0 Å². The molecule has 0 N–H and O–H groups in total. The number of amides is 1. The van der Waals surface area contributed by atoms with Gasteiger partial charge in [-0.1, -0.05) is 15.9 Å². The third-order valence-corrected chi connectivity index (χ3v) is 3.59. The van der Waals surface area contributed by atoms with Crippen molar-refractivity contribution in [3.63, 3.8) is 0 Å². The van der Waals surface area contributed by atoms with Crippen LogP contribution in [0, 0.1) is 11.3 Å². The summed E-state index contributed by atoms with van der Waals surface area (Å²) in [5.74, 6) is 0.345. The Morgan fingerprint density at radius 2 is 2.14 bits per heavy atom. The van der Waals surface area contributed by atoms with E-state index in [1.165, 1.54) is 4.80 Å². The van der Waals surface area contributed by atoms with Crippen molar-refractivity contribution in [3.05, 3.63) is 28.7 Å². The van der Waals surface area contributed by atoms with Crippen LogP contribution in [0.3, 0.4) is 0 Å². The first-order valence-corrected chi connectivity index (χ1v) is 7.61. The van der Waals surface area contributed by atoms with Crippen molar-refractivity contribution in [2.24, 2.45) is 0 Å². The first-order chi connectivity index (χ1) is 10.6. The number of nitriles is 1. The van der Waals surface area contributed by atoms with E-state index in [0.29, 0.717) is 25.3 Å². The Hall–Kier alpha value is -2.27. The van der Waals surface area contributed by atoms with Crippen LogP contribution in [0.1, 0.15) is 13.3 Å².